The summed E-state index contributed by atoms with van der Waals surface area (Å²) in [6, 6.07) is 18.3. The molecule has 0 N–H and O–H groups in total. The van der Waals surface area contributed by atoms with Gasteiger partial charge in [0.1, 0.15) is 6.10 Å². The second kappa shape index (κ2) is 13.2. The summed E-state index contributed by atoms with van der Waals surface area (Å²) in [5.41, 5.74) is 1.07. The van der Waals surface area contributed by atoms with Crippen molar-refractivity contribution in [2.24, 2.45) is 5.92 Å². The average Bonchev–Trinajstić information content (AvgIpc) is 3.20. The lowest BCUT2D eigenvalue weighted by Gasteiger charge is -2.45. The largest absolute Gasteiger partial charge is 0.462 e. The Morgan fingerprint density at radius 3 is 2.45 bits per heavy atom. The van der Waals surface area contributed by atoms with Crippen molar-refractivity contribution in [2.45, 2.75) is 80.0 Å². The molecule has 0 radical (unpaired) electrons. The second-order valence-corrected chi connectivity index (χ2v) is 13.4. The highest BCUT2D eigenvalue weighted by molar-refractivity contribution is 9.10. The average molecular weight is 607 g/mol. The van der Waals surface area contributed by atoms with Crippen LogP contribution in [-0.2, 0) is 35.5 Å². The van der Waals surface area contributed by atoms with Crippen molar-refractivity contribution in [1.82, 2.24) is 4.90 Å². The van der Waals surface area contributed by atoms with Crippen LogP contribution in [0.3, 0.4) is 0 Å². The normalized spacial score (nSPS) is 24.2. The van der Waals surface area contributed by atoms with Gasteiger partial charge in [0.15, 0.2) is 9.84 Å². The number of alkyl halides is 1. The molecule has 2 fully saturated rings. The van der Waals surface area contributed by atoms with Gasteiger partial charge in [0.25, 0.3) is 0 Å². The molecule has 9 heteroatoms. The zero-order valence-electron chi connectivity index (χ0n) is 21.7. The number of fused-ring (bicyclic) bond motifs is 1. The maximum atomic E-state index is 13.2. The first-order valence-corrected chi connectivity index (χ1v) is 15.9. The lowest BCUT2D eigenvalue weighted by Crippen LogP contribution is -2.54. The number of carbonyl (C=O) groups excluding carboxylic acids is 2. The summed E-state index contributed by atoms with van der Waals surface area (Å²) in [7, 11) is -3.43. The smallest absolute Gasteiger partial charge is 0.302 e. The molecule has 0 spiro atoms. The van der Waals surface area contributed by atoms with Crippen LogP contribution in [-0.4, -0.2) is 60.6 Å². The standard InChI is InChI=1S/C29H36BrNO6S/c1-21(32)37-28(16-17-36-20-22-9-4-2-5-10-22)25-15-14-23-19-26(30)29(33)31(23)27(25)13-8-18-38(34,35)24-11-6-3-7-12-24/h2-7,9-12,23,25-28H,8,13-20H2,1H3/t23-,25+,26+,27+,28-/m0/s1. The summed E-state index contributed by atoms with van der Waals surface area (Å²) in [5, 5.41) is 0. The fraction of sp³-hybridized carbons (Fsp3) is 0.517. The van der Waals surface area contributed by atoms with Crippen LogP contribution in [0.15, 0.2) is 65.6 Å². The fourth-order valence-electron chi connectivity index (χ4n) is 5.82. The number of hydrogen-bond acceptors (Lipinski definition) is 6. The van der Waals surface area contributed by atoms with Crippen molar-refractivity contribution >= 4 is 37.6 Å². The van der Waals surface area contributed by atoms with Gasteiger partial charge in [0.2, 0.25) is 5.91 Å². The van der Waals surface area contributed by atoms with E-state index in [-0.39, 0.29) is 40.5 Å². The Labute approximate surface area is 233 Å². The highest BCUT2D eigenvalue weighted by Crippen LogP contribution is 2.41. The van der Waals surface area contributed by atoms with Crippen LogP contribution >= 0.6 is 15.9 Å². The lowest BCUT2D eigenvalue weighted by molar-refractivity contribution is -0.155. The number of sulfone groups is 1. The van der Waals surface area contributed by atoms with Crippen molar-refractivity contribution in [2.75, 3.05) is 12.4 Å². The van der Waals surface area contributed by atoms with E-state index < -0.39 is 15.9 Å². The first kappa shape index (κ1) is 28.8. The molecule has 2 heterocycles. The number of piperidine rings is 1. The third-order valence-corrected chi connectivity index (χ3v) is 10.1. The summed E-state index contributed by atoms with van der Waals surface area (Å²) >= 11 is 3.53. The number of benzene rings is 2. The molecule has 2 aromatic rings. The van der Waals surface area contributed by atoms with E-state index in [0.717, 1.165) is 24.8 Å². The first-order valence-electron chi connectivity index (χ1n) is 13.3. The van der Waals surface area contributed by atoms with Gasteiger partial charge in [0, 0.05) is 31.3 Å². The van der Waals surface area contributed by atoms with E-state index in [2.05, 4.69) is 15.9 Å². The van der Waals surface area contributed by atoms with Crippen LogP contribution in [0.4, 0.5) is 0 Å². The Morgan fingerprint density at radius 1 is 1.08 bits per heavy atom. The van der Waals surface area contributed by atoms with Crippen LogP contribution in [0, 0.1) is 5.92 Å². The molecule has 206 valence electrons. The molecule has 2 aromatic carbocycles. The number of nitrogens with zero attached hydrogens (tertiary/aromatic N) is 1. The Balaban J connectivity index is 1.46. The van der Waals surface area contributed by atoms with Crippen molar-refractivity contribution in [3.63, 3.8) is 0 Å². The van der Waals surface area contributed by atoms with E-state index in [9.17, 15) is 18.0 Å². The number of carbonyl (C=O) groups is 2. The minimum Gasteiger partial charge on any atom is -0.462 e. The third kappa shape index (κ3) is 7.24. The molecular weight excluding hydrogens is 570 g/mol. The van der Waals surface area contributed by atoms with E-state index >= 15 is 0 Å². The molecule has 0 aliphatic carbocycles. The highest BCUT2D eigenvalue weighted by atomic mass is 79.9. The van der Waals surface area contributed by atoms with Gasteiger partial charge >= 0.3 is 5.97 Å². The Morgan fingerprint density at radius 2 is 1.76 bits per heavy atom. The van der Waals surface area contributed by atoms with Crippen LogP contribution in [0.2, 0.25) is 0 Å². The summed E-state index contributed by atoms with van der Waals surface area (Å²) < 4.78 is 37.5. The van der Waals surface area contributed by atoms with E-state index in [0.29, 0.717) is 37.4 Å². The highest BCUT2D eigenvalue weighted by Gasteiger charge is 2.49. The van der Waals surface area contributed by atoms with Gasteiger partial charge in [-0.3, -0.25) is 9.59 Å². The second-order valence-electron chi connectivity index (χ2n) is 10.2. The predicted molar refractivity (Wildman–Crippen MR) is 148 cm³/mol. The van der Waals surface area contributed by atoms with Crippen LogP contribution in [0.5, 0.6) is 0 Å². The van der Waals surface area contributed by atoms with Gasteiger partial charge < -0.3 is 14.4 Å². The number of amides is 1. The Bertz CT molecular complexity index is 1180. The molecule has 7 nitrogen and oxygen atoms in total. The fourth-order valence-corrected chi connectivity index (χ4v) is 7.84. The summed E-state index contributed by atoms with van der Waals surface area (Å²) in [5.74, 6) is -0.408. The van der Waals surface area contributed by atoms with E-state index in [1.54, 1.807) is 30.3 Å². The molecule has 0 saturated carbocycles. The monoisotopic (exact) mass is 605 g/mol. The van der Waals surface area contributed by atoms with E-state index in [1.807, 2.05) is 35.2 Å². The number of rotatable bonds is 12. The van der Waals surface area contributed by atoms with E-state index in [4.69, 9.17) is 9.47 Å². The van der Waals surface area contributed by atoms with E-state index in [1.165, 1.54) is 6.92 Å². The number of ether oxygens (including phenoxy) is 2. The Kier molecular flexibility index (Phi) is 10.0. The molecule has 4 rings (SSSR count). The molecule has 2 aliphatic heterocycles. The van der Waals surface area contributed by atoms with Crippen molar-refractivity contribution in [3.05, 3.63) is 66.2 Å². The summed E-state index contributed by atoms with van der Waals surface area (Å²) in [4.78, 5) is 27.3. The zero-order chi connectivity index (χ0) is 27.1. The first-order chi connectivity index (χ1) is 18.3. The molecule has 0 aromatic heterocycles. The van der Waals surface area contributed by atoms with Gasteiger partial charge in [0.05, 0.1) is 28.7 Å². The van der Waals surface area contributed by atoms with Gasteiger partial charge in [-0.2, -0.15) is 0 Å². The molecule has 2 aliphatic rings. The molecule has 2 saturated heterocycles. The Hall–Kier alpha value is -2.23. The zero-order valence-corrected chi connectivity index (χ0v) is 24.1. The maximum Gasteiger partial charge on any atom is 0.302 e. The summed E-state index contributed by atoms with van der Waals surface area (Å²) in [6.45, 7) is 2.29. The molecule has 38 heavy (non-hydrogen) atoms. The topological polar surface area (TPSA) is 90.0 Å². The van der Waals surface area contributed by atoms with Crippen molar-refractivity contribution in [1.29, 1.82) is 0 Å². The number of esters is 1. The molecule has 1 amide bonds. The summed E-state index contributed by atoms with van der Waals surface area (Å²) in [6.07, 6.45) is 3.42. The molecule has 5 atom stereocenters. The maximum absolute atomic E-state index is 13.2. The molecule has 0 unspecified atom stereocenters. The lowest BCUT2D eigenvalue weighted by atomic mass is 9.79. The molecule has 0 bridgehead atoms. The minimum absolute atomic E-state index is 0.00307. The number of hydrogen-bond donors (Lipinski definition) is 0. The quantitative estimate of drug-likeness (QED) is 0.194. The minimum atomic E-state index is -3.43. The van der Waals surface area contributed by atoms with Crippen LogP contribution in [0.25, 0.3) is 0 Å². The van der Waals surface area contributed by atoms with Gasteiger partial charge in [-0.15, -0.1) is 0 Å². The van der Waals surface area contributed by atoms with Gasteiger partial charge in [-0.05, 0) is 49.8 Å². The van der Waals surface area contributed by atoms with Crippen molar-refractivity contribution in [3.8, 4) is 0 Å². The third-order valence-electron chi connectivity index (χ3n) is 7.55. The molecular formula is C29H36BrNO6S. The number of halogens is 1. The predicted octanol–water partition coefficient (Wildman–Crippen LogP) is 4.92. The van der Waals surface area contributed by atoms with Crippen LogP contribution < -0.4 is 0 Å². The SMILES string of the molecule is CC(=O)O[C@@H](CCOCc1ccccc1)[C@@H]1CC[C@H]2C[C@@H](Br)C(=O)N2[C@@H]1CCCS(=O)(=O)c1ccccc1. The van der Waals surface area contributed by atoms with Crippen LogP contribution in [0.1, 0.15) is 51.0 Å². The van der Waals surface area contributed by atoms with Crippen molar-refractivity contribution < 1.29 is 27.5 Å². The van der Waals surface area contributed by atoms with Gasteiger partial charge in [-0.25, -0.2) is 8.42 Å². The van der Waals surface area contributed by atoms with Gasteiger partial charge in [-0.1, -0.05) is 64.5 Å².